The first-order valence-electron chi connectivity index (χ1n) is 7.09. The maximum absolute atomic E-state index is 11.8. The van der Waals surface area contributed by atoms with E-state index in [2.05, 4.69) is 11.9 Å². The second kappa shape index (κ2) is 8.44. The lowest BCUT2D eigenvalue weighted by atomic mass is 10.0. The van der Waals surface area contributed by atoms with Gasteiger partial charge in [-0.25, -0.2) is 0 Å². The zero-order valence-electron chi connectivity index (χ0n) is 12.7. The standard InChI is InChI=1S/C16H24N2O3/c1-4-14-13(8-9-16(20)21-14)11(2)12(3)18-15(19)7-5-6-10-17/h4,8-9,16,20H,3,5-7,10,17H2,1-2H3,(H,18,19)/b13-11-,14-4+. The lowest BCUT2D eigenvalue weighted by Crippen LogP contribution is -2.24. The van der Waals surface area contributed by atoms with Crippen molar-refractivity contribution in [2.75, 3.05) is 6.54 Å². The van der Waals surface area contributed by atoms with Crippen molar-refractivity contribution in [3.05, 3.63) is 47.4 Å². The first-order chi connectivity index (χ1) is 9.99. The fourth-order valence-electron chi connectivity index (χ4n) is 1.94. The van der Waals surface area contributed by atoms with Gasteiger partial charge in [-0.3, -0.25) is 4.79 Å². The molecule has 0 bridgehead atoms. The van der Waals surface area contributed by atoms with Gasteiger partial charge in [0.2, 0.25) is 12.2 Å². The van der Waals surface area contributed by atoms with Crippen LogP contribution in [0, 0.1) is 0 Å². The number of ether oxygens (including phenoxy) is 1. The van der Waals surface area contributed by atoms with Gasteiger partial charge in [0.05, 0.1) is 0 Å². The Balaban J connectivity index is 2.74. The highest BCUT2D eigenvalue weighted by Gasteiger charge is 2.17. The van der Waals surface area contributed by atoms with Gasteiger partial charge in [0, 0.05) is 17.7 Å². The highest BCUT2D eigenvalue weighted by atomic mass is 16.6. The van der Waals surface area contributed by atoms with Gasteiger partial charge < -0.3 is 20.9 Å². The summed E-state index contributed by atoms with van der Waals surface area (Å²) in [5.41, 5.74) is 7.54. The van der Waals surface area contributed by atoms with E-state index in [1.807, 2.05) is 13.8 Å². The summed E-state index contributed by atoms with van der Waals surface area (Å²) in [6.45, 7) is 8.16. The molecule has 0 saturated heterocycles. The Morgan fingerprint density at radius 1 is 1.57 bits per heavy atom. The minimum Gasteiger partial charge on any atom is -0.461 e. The third-order valence-corrected chi connectivity index (χ3v) is 3.21. The number of nitrogens with one attached hydrogen (secondary N) is 1. The number of aliphatic hydroxyl groups is 1. The van der Waals surface area contributed by atoms with Crippen LogP contribution in [-0.2, 0) is 9.53 Å². The highest BCUT2D eigenvalue weighted by molar-refractivity contribution is 5.78. The van der Waals surface area contributed by atoms with E-state index in [9.17, 15) is 9.90 Å². The van der Waals surface area contributed by atoms with Crippen molar-refractivity contribution in [3.63, 3.8) is 0 Å². The number of carbonyl (C=O) groups excluding carboxylic acids is 1. The summed E-state index contributed by atoms with van der Waals surface area (Å²) in [4.78, 5) is 11.8. The van der Waals surface area contributed by atoms with E-state index in [0.717, 1.165) is 24.0 Å². The molecule has 0 fully saturated rings. The van der Waals surface area contributed by atoms with Gasteiger partial charge in [-0.05, 0) is 57.0 Å². The molecular weight excluding hydrogens is 268 g/mol. The fourth-order valence-corrected chi connectivity index (χ4v) is 1.94. The number of hydrogen-bond donors (Lipinski definition) is 3. The zero-order valence-corrected chi connectivity index (χ0v) is 12.7. The second-order valence-electron chi connectivity index (χ2n) is 4.83. The average Bonchev–Trinajstić information content (AvgIpc) is 2.46. The van der Waals surface area contributed by atoms with Crippen LogP contribution < -0.4 is 11.1 Å². The maximum Gasteiger partial charge on any atom is 0.224 e. The molecule has 0 aromatic carbocycles. The molecule has 1 aliphatic rings. The van der Waals surface area contributed by atoms with E-state index in [0.29, 0.717) is 24.4 Å². The topological polar surface area (TPSA) is 84.6 Å². The summed E-state index contributed by atoms with van der Waals surface area (Å²) >= 11 is 0. The number of hydrogen-bond acceptors (Lipinski definition) is 4. The number of aliphatic hydroxyl groups excluding tert-OH is 1. The van der Waals surface area contributed by atoms with Gasteiger partial charge in [0.1, 0.15) is 5.76 Å². The maximum atomic E-state index is 11.8. The molecule has 5 heteroatoms. The lowest BCUT2D eigenvalue weighted by Gasteiger charge is -2.22. The number of carbonyl (C=O) groups is 1. The fraction of sp³-hybridized carbons (Fsp3) is 0.438. The molecule has 0 radical (unpaired) electrons. The Morgan fingerprint density at radius 3 is 2.90 bits per heavy atom. The van der Waals surface area contributed by atoms with Crippen molar-refractivity contribution < 1.29 is 14.6 Å². The zero-order chi connectivity index (χ0) is 15.8. The van der Waals surface area contributed by atoms with Crippen LogP contribution in [0.2, 0.25) is 0 Å². The van der Waals surface area contributed by atoms with Gasteiger partial charge in [0.25, 0.3) is 0 Å². The first-order valence-corrected chi connectivity index (χ1v) is 7.09. The molecule has 4 N–H and O–H groups in total. The normalized spacial score (nSPS) is 21.9. The van der Waals surface area contributed by atoms with Crippen LogP contribution in [0.25, 0.3) is 0 Å². The highest BCUT2D eigenvalue weighted by Crippen LogP contribution is 2.26. The molecule has 1 atom stereocenters. The van der Waals surface area contributed by atoms with Crippen molar-refractivity contribution in [3.8, 4) is 0 Å². The molecule has 1 unspecified atom stereocenters. The molecule has 1 heterocycles. The number of allylic oxidation sites excluding steroid dienone is 3. The summed E-state index contributed by atoms with van der Waals surface area (Å²) in [6.07, 6.45) is 6.17. The van der Waals surface area contributed by atoms with Crippen LogP contribution in [0.5, 0.6) is 0 Å². The summed E-state index contributed by atoms with van der Waals surface area (Å²) in [6, 6.07) is 0. The second-order valence-corrected chi connectivity index (χ2v) is 4.83. The van der Waals surface area contributed by atoms with Gasteiger partial charge in [0.15, 0.2) is 0 Å². The van der Waals surface area contributed by atoms with Crippen LogP contribution in [0.3, 0.4) is 0 Å². The van der Waals surface area contributed by atoms with Crippen LogP contribution in [0.15, 0.2) is 47.4 Å². The quantitative estimate of drug-likeness (QED) is 0.652. The van der Waals surface area contributed by atoms with Gasteiger partial charge in [-0.2, -0.15) is 0 Å². The average molecular weight is 292 g/mol. The monoisotopic (exact) mass is 292 g/mol. The Kier molecular flexibility index (Phi) is 6.91. The van der Waals surface area contributed by atoms with Crippen molar-refractivity contribution in [2.24, 2.45) is 5.73 Å². The third kappa shape index (κ3) is 5.21. The van der Waals surface area contributed by atoms with Gasteiger partial charge >= 0.3 is 0 Å². The van der Waals surface area contributed by atoms with Crippen molar-refractivity contribution in [1.29, 1.82) is 0 Å². The molecule has 1 aliphatic heterocycles. The molecule has 0 aliphatic carbocycles. The van der Waals surface area contributed by atoms with E-state index >= 15 is 0 Å². The van der Waals surface area contributed by atoms with Crippen molar-refractivity contribution in [1.82, 2.24) is 5.32 Å². The Hall–Kier alpha value is -1.85. The lowest BCUT2D eigenvalue weighted by molar-refractivity contribution is -0.120. The van der Waals surface area contributed by atoms with E-state index in [-0.39, 0.29) is 5.91 Å². The summed E-state index contributed by atoms with van der Waals surface area (Å²) in [7, 11) is 0. The smallest absolute Gasteiger partial charge is 0.224 e. The SMILES string of the molecule is C=C(NC(=O)CCCCN)/C(C)=C1/C=CC(O)O/C1=C/C. The van der Waals surface area contributed by atoms with Crippen LogP contribution >= 0.6 is 0 Å². The Morgan fingerprint density at radius 2 is 2.29 bits per heavy atom. The number of rotatable bonds is 6. The molecule has 116 valence electrons. The Bertz CT molecular complexity index is 490. The minimum absolute atomic E-state index is 0.0730. The van der Waals surface area contributed by atoms with Crippen LogP contribution in [-0.4, -0.2) is 23.8 Å². The molecule has 0 saturated carbocycles. The van der Waals surface area contributed by atoms with Crippen molar-refractivity contribution >= 4 is 5.91 Å². The molecule has 1 rings (SSSR count). The number of amides is 1. The van der Waals surface area contributed by atoms with Crippen LogP contribution in [0.1, 0.15) is 33.1 Å². The largest absolute Gasteiger partial charge is 0.461 e. The molecule has 1 amide bonds. The van der Waals surface area contributed by atoms with Crippen LogP contribution in [0.4, 0.5) is 0 Å². The predicted octanol–water partition coefficient (Wildman–Crippen LogP) is 1.87. The first kappa shape index (κ1) is 17.2. The van der Waals surface area contributed by atoms with Crippen molar-refractivity contribution in [2.45, 2.75) is 39.4 Å². The molecule has 0 aromatic rings. The van der Waals surface area contributed by atoms with E-state index in [1.54, 1.807) is 18.2 Å². The van der Waals surface area contributed by atoms with E-state index in [1.165, 1.54) is 0 Å². The minimum atomic E-state index is -0.938. The number of nitrogens with two attached hydrogens (primary N) is 1. The summed E-state index contributed by atoms with van der Waals surface area (Å²) in [5, 5.41) is 12.2. The summed E-state index contributed by atoms with van der Waals surface area (Å²) in [5.74, 6) is 0.497. The molecule has 0 aromatic heterocycles. The molecular formula is C16H24N2O3. The Labute approximate surface area is 125 Å². The molecule has 5 nitrogen and oxygen atoms in total. The molecule has 0 spiro atoms. The van der Waals surface area contributed by atoms with E-state index < -0.39 is 6.29 Å². The van der Waals surface area contributed by atoms with Gasteiger partial charge in [-0.15, -0.1) is 0 Å². The summed E-state index contributed by atoms with van der Waals surface area (Å²) < 4.78 is 5.31. The number of unbranched alkanes of at least 4 members (excludes halogenated alkanes) is 1. The van der Waals surface area contributed by atoms with E-state index in [4.69, 9.17) is 10.5 Å². The predicted molar refractivity (Wildman–Crippen MR) is 82.9 cm³/mol. The van der Waals surface area contributed by atoms with Gasteiger partial charge in [-0.1, -0.05) is 6.58 Å². The third-order valence-electron chi connectivity index (χ3n) is 3.21. The molecule has 21 heavy (non-hydrogen) atoms.